The first-order valence-electron chi connectivity index (χ1n) is 5.98. The second-order valence-electron chi connectivity index (χ2n) is 4.86. The van der Waals surface area contributed by atoms with Crippen LogP contribution in [0.3, 0.4) is 0 Å². The van der Waals surface area contributed by atoms with E-state index < -0.39 is 17.7 Å². The van der Waals surface area contributed by atoms with Crippen molar-refractivity contribution in [1.29, 1.82) is 0 Å². The Morgan fingerprint density at radius 1 is 1.39 bits per heavy atom. The molecular formula is C11H20N2O5. The molecule has 1 rings (SSSR count). The normalized spacial score (nSPS) is 20.3. The number of hydrogen-bond acceptors (Lipinski definition) is 4. The van der Waals surface area contributed by atoms with E-state index in [1.165, 1.54) is 0 Å². The van der Waals surface area contributed by atoms with Gasteiger partial charge in [-0.25, -0.2) is 9.59 Å². The molecule has 2 amide bonds. The number of rotatable bonds is 4. The van der Waals surface area contributed by atoms with E-state index in [-0.39, 0.29) is 19.0 Å². The molecule has 1 unspecified atom stereocenters. The molecule has 1 atom stereocenters. The zero-order valence-electron chi connectivity index (χ0n) is 10.4. The van der Waals surface area contributed by atoms with Gasteiger partial charge in [-0.05, 0) is 19.8 Å². The number of urea groups is 1. The van der Waals surface area contributed by atoms with Gasteiger partial charge in [0.15, 0.2) is 6.10 Å². The zero-order chi connectivity index (χ0) is 13.8. The summed E-state index contributed by atoms with van der Waals surface area (Å²) in [5.41, 5.74) is -0.712. The summed E-state index contributed by atoms with van der Waals surface area (Å²) in [6, 6.07) is -0.289. The SMILES string of the molecule is CC1(O)CCN(C(=O)NCCC(O)C(=O)O)CC1. The highest BCUT2D eigenvalue weighted by Gasteiger charge is 2.29. The maximum Gasteiger partial charge on any atom is 0.332 e. The molecule has 0 spiro atoms. The van der Waals surface area contributed by atoms with Crippen molar-refractivity contribution in [3.05, 3.63) is 0 Å². The van der Waals surface area contributed by atoms with E-state index in [2.05, 4.69) is 5.32 Å². The molecule has 1 heterocycles. The molecule has 1 aliphatic heterocycles. The second-order valence-corrected chi connectivity index (χ2v) is 4.86. The highest BCUT2D eigenvalue weighted by Crippen LogP contribution is 2.20. The number of aliphatic hydroxyl groups is 2. The Morgan fingerprint density at radius 3 is 2.44 bits per heavy atom. The first kappa shape index (κ1) is 14.7. The van der Waals surface area contributed by atoms with Crippen molar-refractivity contribution in [1.82, 2.24) is 10.2 Å². The smallest absolute Gasteiger partial charge is 0.332 e. The predicted octanol–water partition coefficient (Wildman–Crippen LogP) is -0.622. The molecule has 0 radical (unpaired) electrons. The van der Waals surface area contributed by atoms with Gasteiger partial charge in [0.1, 0.15) is 0 Å². The highest BCUT2D eigenvalue weighted by atomic mass is 16.4. The third-order valence-corrected chi connectivity index (χ3v) is 3.11. The fraction of sp³-hybridized carbons (Fsp3) is 0.818. The summed E-state index contributed by atoms with van der Waals surface area (Å²) in [7, 11) is 0. The standard InChI is InChI=1S/C11H20N2O5/c1-11(18)3-6-13(7-4-11)10(17)12-5-2-8(14)9(15)16/h8,14,18H,2-7H2,1H3,(H,12,17)(H,15,16). The maximum absolute atomic E-state index is 11.7. The first-order chi connectivity index (χ1) is 8.32. The van der Waals surface area contributed by atoms with Gasteiger partial charge in [-0.2, -0.15) is 0 Å². The van der Waals surface area contributed by atoms with Crippen molar-refractivity contribution in [3.8, 4) is 0 Å². The maximum atomic E-state index is 11.7. The van der Waals surface area contributed by atoms with Crippen molar-refractivity contribution in [3.63, 3.8) is 0 Å². The Kier molecular flexibility index (Phi) is 4.92. The number of nitrogens with one attached hydrogen (secondary N) is 1. The lowest BCUT2D eigenvalue weighted by Crippen LogP contribution is -2.49. The lowest BCUT2D eigenvalue weighted by Gasteiger charge is -2.35. The minimum Gasteiger partial charge on any atom is -0.479 e. The largest absolute Gasteiger partial charge is 0.479 e. The number of piperidine rings is 1. The molecule has 104 valence electrons. The Hall–Kier alpha value is -1.34. The van der Waals surface area contributed by atoms with E-state index in [4.69, 9.17) is 10.2 Å². The van der Waals surface area contributed by atoms with Crippen LogP contribution in [0.4, 0.5) is 4.79 Å². The van der Waals surface area contributed by atoms with Gasteiger partial charge in [-0.1, -0.05) is 0 Å². The van der Waals surface area contributed by atoms with Gasteiger partial charge in [0.2, 0.25) is 0 Å². The topological polar surface area (TPSA) is 110 Å². The number of aliphatic carboxylic acids is 1. The van der Waals surface area contributed by atoms with Crippen LogP contribution >= 0.6 is 0 Å². The number of carbonyl (C=O) groups is 2. The monoisotopic (exact) mass is 260 g/mol. The minimum atomic E-state index is -1.45. The van der Waals surface area contributed by atoms with Crippen molar-refractivity contribution < 1.29 is 24.9 Å². The van der Waals surface area contributed by atoms with Gasteiger partial charge in [0.25, 0.3) is 0 Å². The Labute approximate surface area is 105 Å². The molecule has 0 saturated carbocycles. The Morgan fingerprint density at radius 2 is 1.94 bits per heavy atom. The molecule has 1 saturated heterocycles. The lowest BCUT2D eigenvalue weighted by atomic mass is 9.94. The number of carboxylic acids is 1. The van der Waals surface area contributed by atoms with Crippen LogP contribution in [0.2, 0.25) is 0 Å². The summed E-state index contributed by atoms with van der Waals surface area (Å²) in [6.45, 7) is 2.80. The first-order valence-corrected chi connectivity index (χ1v) is 5.98. The molecule has 0 aromatic carbocycles. The fourth-order valence-corrected chi connectivity index (χ4v) is 1.74. The van der Waals surface area contributed by atoms with Gasteiger partial charge in [0, 0.05) is 26.1 Å². The Bertz CT molecular complexity index is 309. The van der Waals surface area contributed by atoms with Gasteiger partial charge in [-0.3, -0.25) is 0 Å². The number of hydrogen-bond donors (Lipinski definition) is 4. The van der Waals surface area contributed by atoms with E-state index in [1.54, 1.807) is 11.8 Å². The molecule has 0 bridgehead atoms. The van der Waals surface area contributed by atoms with Crippen LogP contribution in [0, 0.1) is 0 Å². The average molecular weight is 260 g/mol. The van der Waals surface area contributed by atoms with Crippen LogP contribution in [-0.4, -0.2) is 63.6 Å². The van der Waals surface area contributed by atoms with Crippen molar-refractivity contribution >= 4 is 12.0 Å². The molecule has 18 heavy (non-hydrogen) atoms. The molecular weight excluding hydrogens is 240 g/mol. The van der Waals surface area contributed by atoms with Crippen molar-refractivity contribution in [2.24, 2.45) is 0 Å². The van der Waals surface area contributed by atoms with Crippen LogP contribution in [0.25, 0.3) is 0 Å². The highest BCUT2D eigenvalue weighted by molar-refractivity contribution is 5.74. The number of likely N-dealkylation sites (tertiary alicyclic amines) is 1. The molecule has 7 heteroatoms. The van der Waals surface area contributed by atoms with Crippen LogP contribution in [0.15, 0.2) is 0 Å². The van der Waals surface area contributed by atoms with E-state index in [9.17, 15) is 14.7 Å². The summed E-state index contributed by atoms with van der Waals surface area (Å²) in [6.07, 6.45) is -0.421. The van der Waals surface area contributed by atoms with E-state index >= 15 is 0 Å². The van der Waals surface area contributed by atoms with Crippen LogP contribution in [-0.2, 0) is 4.79 Å². The fourth-order valence-electron chi connectivity index (χ4n) is 1.74. The van der Waals surface area contributed by atoms with Crippen molar-refractivity contribution in [2.45, 2.75) is 37.9 Å². The molecule has 0 aromatic rings. The van der Waals surface area contributed by atoms with Crippen LogP contribution in [0.1, 0.15) is 26.2 Å². The summed E-state index contributed by atoms with van der Waals surface area (Å²) in [5.74, 6) is -1.29. The zero-order valence-corrected chi connectivity index (χ0v) is 10.4. The lowest BCUT2D eigenvalue weighted by molar-refractivity contribution is -0.146. The number of carbonyl (C=O) groups excluding carboxylic acids is 1. The summed E-state index contributed by atoms with van der Waals surface area (Å²) >= 11 is 0. The molecule has 7 nitrogen and oxygen atoms in total. The number of amides is 2. The number of nitrogens with zero attached hydrogens (tertiary/aromatic N) is 1. The van der Waals surface area contributed by atoms with Gasteiger partial charge in [0.05, 0.1) is 5.60 Å². The van der Waals surface area contributed by atoms with E-state index in [0.29, 0.717) is 25.9 Å². The quantitative estimate of drug-likeness (QED) is 0.538. The summed E-state index contributed by atoms with van der Waals surface area (Å²) in [4.78, 5) is 23.6. The summed E-state index contributed by atoms with van der Waals surface area (Å²) < 4.78 is 0. The third-order valence-electron chi connectivity index (χ3n) is 3.11. The predicted molar refractivity (Wildman–Crippen MR) is 63.1 cm³/mol. The summed E-state index contributed by atoms with van der Waals surface area (Å²) in [5, 5.41) is 29.7. The van der Waals surface area contributed by atoms with Gasteiger partial charge >= 0.3 is 12.0 Å². The van der Waals surface area contributed by atoms with Crippen LogP contribution in [0.5, 0.6) is 0 Å². The van der Waals surface area contributed by atoms with Crippen LogP contribution < -0.4 is 5.32 Å². The van der Waals surface area contributed by atoms with E-state index in [0.717, 1.165) is 0 Å². The number of carboxylic acid groups (broad SMARTS) is 1. The minimum absolute atomic E-state index is 0.0212. The Balaban J connectivity index is 2.24. The average Bonchev–Trinajstić information content (AvgIpc) is 2.28. The second kappa shape index (κ2) is 6.01. The number of aliphatic hydroxyl groups excluding tert-OH is 1. The molecule has 1 aliphatic rings. The molecule has 0 aromatic heterocycles. The molecule has 4 N–H and O–H groups in total. The third kappa shape index (κ3) is 4.50. The van der Waals surface area contributed by atoms with Gasteiger partial charge < -0.3 is 25.5 Å². The van der Waals surface area contributed by atoms with Crippen molar-refractivity contribution in [2.75, 3.05) is 19.6 Å². The molecule has 1 fully saturated rings. The molecule has 0 aliphatic carbocycles. The van der Waals surface area contributed by atoms with Gasteiger partial charge in [-0.15, -0.1) is 0 Å². The van der Waals surface area contributed by atoms with E-state index in [1.807, 2.05) is 0 Å².